The average Bonchev–Trinajstić information content (AvgIpc) is 3.07. The van der Waals surface area contributed by atoms with Crippen LogP contribution in [-0.4, -0.2) is 5.91 Å². The van der Waals surface area contributed by atoms with Crippen molar-refractivity contribution >= 4 is 17.7 Å². The molecule has 1 heterocycles. The van der Waals surface area contributed by atoms with Gasteiger partial charge in [-0.3, -0.25) is 4.79 Å². The smallest absolute Gasteiger partial charge is 0.248 e. The summed E-state index contributed by atoms with van der Waals surface area (Å²) in [7, 11) is 0. The number of amides is 1. The zero-order valence-corrected chi connectivity index (χ0v) is 13.7. The number of hydrogen-bond acceptors (Lipinski definition) is 2. The van der Waals surface area contributed by atoms with Crippen molar-refractivity contribution in [2.24, 2.45) is 0 Å². The summed E-state index contributed by atoms with van der Waals surface area (Å²) < 4.78 is 5.75. The van der Waals surface area contributed by atoms with Gasteiger partial charge in [-0.2, -0.15) is 0 Å². The van der Waals surface area contributed by atoms with Gasteiger partial charge >= 0.3 is 0 Å². The van der Waals surface area contributed by atoms with Crippen molar-refractivity contribution in [3.8, 4) is 11.3 Å². The lowest BCUT2D eigenvalue weighted by Crippen LogP contribution is -2.09. The molecule has 0 radical (unpaired) electrons. The Morgan fingerprint density at radius 1 is 0.958 bits per heavy atom. The van der Waals surface area contributed by atoms with Gasteiger partial charge in [0, 0.05) is 17.3 Å². The third kappa shape index (κ3) is 3.63. The zero-order valence-electron chi connectivity index (χ0n) is 13.7. The van der Waals surface area contributed by atoms with Crippen molar-refractivity contribution in [1.82, 2.24) is 0 Å². The second-order valence-corrected chi connectivity index (χ2v) is 5.64. The van der Waals surface area contributed by atoms with E-state index in [1.54, 1.807) is 6.08 Å². The fourth-order valence-corrected chi connectivity index (χ4v) is 2.42. The fraction of sp³-hybridized carbons (Fsp3) is 0.0952. The summed E-state index contributed by atoms with van der Waals surface area (Å²) in [6.45, 7) is 4.02. The van der Waals surface area contributed by atoms with Crippen LogP contribution < -0.4 is 5.32 Å². The molecule has 0 saturated carbocycles. The van der Waals surface area contributed by atoms with Gasteiger partial charge in [-0.15, -0.1) is 0 Å². The van der Waals surface area contributed by atoms with Crippen LogP contribution in [0.5, 0.6) is 0 Å². The van der Waals surface area contributed by atoms with E-state index < -0.39 is 0 Å². The third-order valence-electron chi connectivity index (χ3n) is 3.95. The molecule has 0 spiro atoms. The largest absolute Gasteiger partial charge is 0.457 e. The molecule has 0 bridgehead atoms. The van der Waals surface area contributed by atoms with Crippen LogP contribution in [0, 0.1) is 13.8 Å². The predicted molar refractivity (Wildman–Crippen MR) is 97.7 cm³/mol. The summed E-state index contributed by atoms with van der Waals surface area (Å²) in [5.41, 5.74) is 4.06. The second-order valence-electron chi connectivity index (χ2n) is 5.64. The molecular weight excluding hydrogens is 298 g/mol. The van der Waals surface area contributed by atoms with Crippen molar-refractivity contribution in [2.45, 2.75) is 13.8 Å². The summed E-state index contributed by atoms with van der Waals surface area (Å²) >= 11 is 0. The van der Waals surface area contributed by atoms with Crippen LogP contribution in [0.4, 0.5) is 5.69 Å². The minimum absolute atomic E-state index is 0.179. The van der Waals surface area contributed by atoms with Crippen LogP contribution in [0.3, 0.4) is 0 Å². The Balaban J connectivity index is 1.69. The van der Waals surface area contributed by atoms with Gasteiger partial charge in [0.2, 0.25) is 5.91 Å². The molecule has 24 heavy (non-hydrogen) atoms. The molecule has 3 aromatic rings. The first-order valence-corrected chi connectivity index (χ1v) is 7.84. The van der Waals surface area contributed by atoms with Gasteiger partial charge in [-0.1, -0.05) is 42.5 Å². The molecule has 3 rings (SSSR count). The molecule has 1 N–H and O–H groups in total. The number of aryl methyl sites for hydroxylation is 1. The van der Waals surface area contributed by atoms with Crippen molar-refractivity contribution in [2.75, 3.05) is 5.32 Å². The summed E-state index contributed by atoms with van der Waals surface area (Å²) in [6, 6.07) is 19.5. The number of anilines is 1. The van der Waals surface area contributed by atoms with Gasteiger partial charge in [0.1, 0.15) is 11.5 Å². The molecule has 0 atom stereocenters. The molecule has 0 fully saturated rings. The Bertz CT molecular complexity index is 876. The highest BCUT2D eigenvalue weighted by atomic mass is 16.3. The topological polar surface area (TPSA) is 42.2 Å². The molecule has 0 saturated heterocycles. The van der Waals surface area contributed by atoms with E-state index in [4.69, 9.17) is 4.42 Å². The molecule has 0 aliphatic rings. The lowest BCUT2D eigenvalue weighted by molar-refractivity contribution is -0.111. The Kier molecular flexibility index (Phi) is 4.62. The monoisotopic (exact) mass is 317 g/mol. The molecule has 0 aliphatic heterocycles. The van der Waals surface area contributed by atoms with Crippen molar-refractivity contribution in [1.29, 1.82) is 0 Å². The first-order chi connectivity index (χ1) is 11.6. The Morgan fingerprint density at radius 2 is 1.75 bits per heavy atom. The van der Waals surface area contributed by atoms with Crippen molar-refractivity contribution in [3.63, 3.8) is 0 Å². The van der Waals surface area contributed by atoms with E-state index in [-0.39, 0.29) is 5.91 Å². The number of hydrogen-bond donors (Lipinski definition) is 1. The number of carbonyl (C=O) groups is 1. The number of rotatable bonds is 4. The summed E-state index contributed by atoms with van der Waals surface area (Å²) in [5.74, 6) is 1.25. The minimum Gasteiger partial charge on any atom is -0.457 e. The quantitative estimate of drug-likeness (QED) is 0.671. The van der Waals surface area contributed by atoms with E-state index in [1.165, 1.54) is 6.08 Å². The molecule has 1 aromatic heterocycles. The van der Waals surface area contributed by atoms with Crippen LogP contribution in [0.1, 0.15) is 16.9 Å². The molecule has 3 nitrogen and oxygen atoms in total. The van der Waals surface area contributed by atoms with Crippen LogP contribution in [0.25, 0.3) is 17.4 Å². The lowest BCUT2D eigenvalue weighted by atomic mass is 10.1. The summed E-state index contributed by atoms with van der Waals surface area (Å²) in [6.07, 6.45) is 3.16. The van der Waals surface area contributed by atoms with Crippen LogP contribution in [0.15, 0.2) is 71.2 Å². The minimum atomic E-state index is -0.179. The molecular formula is C21H19NO2. The number of carbonyl (C=O) groups excluding carboxylic acids is 1. The van der Waals surface area contributed by atoms with E-state index in [0.717, 1.165) is 28.1 Å². The maximum atomic E-state index is 12.1. The fourth-order valence-electron chi connectivity index (χ4n) is 2.42. The highest BCUT2D eigenvalue weighted by molar-refractivity contribution is 6.02. The van der Waals surface area contributed by atoms with Crippen molar-refractivity contribution < 1.29 is 9.21 Å². The molecule has 1 amide bonds. The molecule has 0 aliphatic carbocycles. The zero-order chi connectivity index (χ0) is 16.9. The molecule has 2 aromatic carbocycles. The Labute approximate surface area is 141 Å². The number of furan rings is 1. The van der Waals surface area contributed by atoms with Crippen molar-refractivity contribution in [3.05, 3.63) is 83.6 Å². The maximum Gasteiger partial charge on any atom is 0.248 e. The summed E-state index contributed by atoms with van der Waals surface area (Å²) in [5, 5.41) is 2.89. The average molecular weight is 317 g/mol. The van der Waals surface area contributed by atoms with Crippen LogP contribution in [0.2, 0.25) is 0 Å². The van der Waals surface area contributed by atoms with E-state index in [2.05, 4.69) is 5.32 Å². The van der Waals surface area contributed by atoms with Gasteiger partial charge in [-0.25, -0.2) is 0 Å². The van der Waals surface area contributed by atoms with E-state index in [1.807, 2.05) is 74.5 Å². The first kappa shape index (κ1) is 15.8. The Hall–Kier alpha value is -3.07. The second kappa shape index (κ2) is 7.01. The third-order valence-corrected chi connectivity index (χ3v) is 3.95. The SMILES string of the molecule is Cc1cccc(NC(=O)/C=C/c2ccc(-c3ccccc3)o2)c1C. The van der Waals surface area contributed by atoms with Crippen LogP contribution >= 0.6 is 0 Å². The maximum absolute atomic E-state index is 12.1. The molecule has 3 heteroatoms. The van der Waals surface area contributed by atoms with Gasteiger partial charge in [0.05, 0.1) is 0 Å². The van der Waals surface area contributed by atoms with Gasteiger partial charge in [0.25, 0.3) is 0 Å². The van der Waals surface area contributed by atoms with E-state index in [0.29, 0.717) is 5.76 Å². The van der Waals surface area contributed by atoms with Crippen LogP contribution in [-0.2, 0) is 4.79 Å². The predicted octanol–water partition coefficient (Wildman–Crippen LogP) is 5.22. The highest BCUT2D eigenvalue weighted by Crippen LogP contribution is 2.22. The van der Waals surface area contributed by atoms with Gasteiger partial charge < -0.3 is 9.73 Å². The Morgan fingerprint density at radius 3 is 2.54 bits per heavy atom. The number of nitrogens with one attached hydrogen (secondary N) is 1. The summed E-state index contributed by atoms with van der Waals surface area (Å²) in [4.78, 5) is 12.1. The first-order valence-electron chi connectivity index (χ1n) is 7.84. The van der Waals surface area contributed by atoms with E-state index >= 15 is 0 Å². The molecule has 0 unspecified atom stereocenters. The standard InChI is InChI=1S/C21H19NO2/c1-15-7-6-10-19(16(15)2)22-21(23)14-12-18-11-13-20(24-18)17-8-4-3-5-9-17/h3-14H,1-2H3,(H,22,23)/b14-12+. The number of benzene rings is 2. The van der Waals surface area contributed by atoms with Gasteiger partial charge in [-0.05, 0) is 49.2 Å². The highest BCUT2D eigenvalue weighted by Gasteiger charge is 2.05. The molecule has 120 valence electrons. The van der Waals surface area contributed by atoms with Gasteiger partial charge in [0.15, 0.2) is 0 Å². The lowest BCUT2D eigenvalue weighted by Gasteiger charge is -2.08. The van der Waals surface area contributed by atoms with E-state index in [9.17, 15) is 4.79 Å². The normalized spacial score (nSPS) is 10.9.